The van der Waals surface area contributed by atoms with E-state index in [1.54, 1.807) is 54.6 Å². The highest BCUT2D eigenvalue weighted by atomic mass is 32.2. The Bertz CT molecular complexity index is 714. The van der Waals surface area contributed by atoms with E-state index in [2.05, 4.69) is 5.16 Å². The third-order valence-electron chi connectivity index (χ3n) is 2.90. The zero-order valence-electron chi connectivity index (χ0n) is 13.5. The normalized spacial score (nSPS) is 11.2. The average Bonchev–Trinajstić information content (AvgIpc) is 2.61. The summed E-state index contributed by atoms with van der Waals surface area (Å²) in [6.07, 6.45) is 3.92. The molecule has 0 radical (unpaired) electrons. The smallest absolute Gasteiger partial charge is 0.365 e. The number of hydrogen-bond donors (Lipinski definition) is 0. The van der Waals surface area contributed by atoms with Gasteiger partial charge in [-0.1, -0.05) is 53.7 Å². The lowest BCUT2D eigenvalue weighted by molar-refractivity contribution is -0.133. The summed E-state index contributed by atoms with van der Waals surface area (Å²) in [4.78, 5) is 29.2. The maximum Gasteiger partial charge on any atom is 0.365 e. The molecule has 0 heterocycles. The number of carbonyl (C=O) groups excluding carboxylic acids is 2. The van der Waals surface area contributed by atoms with Crippen molar-refractivity contribution in [3.63, 3.8) is 0 Å². The molecule has 0 aliphatic rings. The summed E-state index contributed by atoms with van der Waals surface area (Å²) < 4.78 is 5.21. The first-order valence-electron chi connectivity index (χ1n) is 7.19. The molecule has 0 aliphatic carbocycles. The Kier molecular flexibility index (Phi) is 6.57. The molecule has 5 nitrogen and oxygen atoms in total. The Hall–Kier alpha value is -2.60. The molecule has 0 amide bonds. The lowest BCUT2D eigenvalue weighted by Crippen LogP contribution is -2.22. The van der Waals surface area contributed by atoms with Gasteiger partial charge >= 0.3 is 11.9 Å². The van der Waals surface area contributed by atoms with Gasteiger partial charge in [0.15, 0.2) is 5.71 Å². The molecule has 124 valence electrons. The van der Waals surface area contributed by atoms with Crippen LogP contribution in [0.15, 0.2) is 65.8 Å². The molecule has 6 heteroatoms. The third-order valence-corrected chi connectivity index (χ3v) is 3.48. The van der Waals surface area contributed by atoms with Gasteiger partial charge in [0, 0.05) is 16.5 Å². The topological polar surface area (TPSA) is 65.0 Å². The minimum atomic E-state index is -0.637. The predicted octanol–water partition coefficient (Wildman–Crippen LogP) is 2.63. The fraction of sp³-hybridized carbons (Fsp3) is 0.167. The van der Waals surface area contributed by atoms with Gasteiger partial charge in [0.2, 0.25) is 5.94 Å². The lowest BCUT2D eigenvalue weighted by Gasteiger charge is -2.06. The van der Waals surface area contributed by atoms with Gasteiger partial charge in [-0.15, -0.1) is 0 Å². The van der Waals surface area contributed by atoms with Crippen LogP contribution in [0.25, 0.3) is 0 Å². The first-order chi connectivity index (χ1) is 11.6. The number of hydrogen-bond acceptors (Lipinski definition) is 5. The zero-order chi connectivity index (χ0) is 17.4. The summed E-state index contributed by atoms with van der Waals surface area (Å²) in [5.41, 5.74) is 0.839. The Balaban J connectivity index is 2.19. The van der Waals surface area contributed by atoms with E-state index in [-0.39, 0.29) is 22.5 Å². The van der Waals surface area contributed by atoms with Crippen LogP contribution in [0, 0.1) is 0 Å². The summed E-state index contributed by atoms with van der Waals surface area (Å²) in [5.74, 6) is -0.969. The quantitative estimate of drug-likeness (QED) is 0.266. The molecule has 0 bridgehead atoms. The zero-order valence-corrected chi connectivity index (χ0v) is 14.3. The Morgan fingerprint density at radius 3 is 2.00 bits per heavy atom. The molecule has 0 unspecified atom stereocenters. The van der Waals surface area contributed by atoms with Gasteiger partial charge in [-0.25, -0.2) is 9.59 Å². The van der Waals surface area contributed by atoms with Crippen LogP contribution in [0.1, 0.15) is 15.9 Å². The number of ether oxygens (including phenoxy) is 1. The van der Waals surface area contributed by atoms with Crippen molar-refractivity contribution >= 4 is 28.5 Å². The largest absolute Gasteiger partial charge is 0.414 e. The molecule has 2 aromatic carbocycles. The fourth-order valence-electron chi connectivity index (χ4n) is 1.76. The van der Waals surface area contributed by atoms with Crippen LogP contribution in [0.2, 0.25) is 0 Å². The maximum atomic E-state index is 12.3. The average molecular weight is 344 g/mol. The lowest BCUT2D eigenvalue weighted by atomic mass is 10.1. The van der Waals surface area contributed by atoms with Gasteiger partial charge < -0.3 is 9.57 Å². The number of nitrogens with zero attached hydrogens (tertiary/aromatic N) is 1. The third kappa shape index (κ3) is 5.24. The van der Waals surface area contributed by atoms with Crippen LogP contribution in [0.4, 0.5) is 0 Å². The highest BCUT2D eigenvalue weighted by Crippen LogP contribution is 2.07. The van der Waals surface area contributed by atoms with Crippen LogP contribution in [-0.4, -0.2) is 36.1 Å². The van der Waals surface area contributed by atoms with Crippen LogP contribution in [0.5, 0.6) is 0 Å². The van der Waals surface area contributed by atoms with E-state index in [4.69, 9.17) is 9.57 Å². The first kappa shape index (κ1) is 17.7. The van der Waals surface area contributed by atoms with Gasteiger partial charge in [0.1, 0.15) is 12.5 Å². The summed E-state index contributed by atoms with van der Waals surface area (Å²) in [6, 6.07) is 17.2. The van der Waals surface area contributed by atoms with E-state index in [1.807, 2.05) is 18.6 Å². The second-order valence-electron chi connectivity index (χ2n) is 5.09. The van der Waals surface area contributed by atoms with E-state index >= 15 is 0 Å². The number of rotatable bonds is 6. The summed E-state index contributed by atoms with van der Waals surface area (Å²) in [6.45, 7) is 0. The van der Waals surface area contributed by atoms with E-state index in [1.165, 1.54) is 0 Å². The maximum absolute atomic E-state index is 12.3. The van der Waals surface area contributed by atoms with Gasteiger partial charge in [0.25, 0.3) is 0 Å². The molecule has 2 rings (SSSR count). The first-order valence-corrected chi connectivity index (χ1v) is 9.40. The van der Waals surface area contributed by atoms with Crippen LogP contribution in [0.3, 0.4) is 0 Å². The molecular formula is C18H18NO4S+. The molecule has 24 heavy (non-hydrogen) atoms. The second kappa shape index (κ2) is 8.88. The monoisotopic (exact) mass is 344 g/mol. The van der Waals surface area contributed by atoms with Crippen LogP contribution >= 0.6 is 0 Å². The van der Waals surface area contributed by atoms with Gasteiger partial charge in [-0.2, -0.15) is 0 Å². The molecule has 0 spiro atoms. The molecule has 0 atom stereocenters. The molecule has 0 saturated heterocycles. The van der Waals surface area contributed by atoms with E-state index in [9.17, 15) is 9.59 Å². The van der Waals surface area contributed by atoms with Crippen LogP contribution < -0.4 is 0 Å². The van der Waals surface area contributed by atoms with Crippen molar-refractivity contribution in [1.29, 1.82) is 0 Å². The molecule has 2 aromatic rings. The van der Waals surface area contributed by atoms with Crippen molar-refractivity contribution in [3.8, 4) is 0 Å². The molecule has 0 aromatic heterocycles. The minimum absolute atomic E-state index is 0.0367. The second-order valence-corrected chi connectivity index (χ2v) is 7.29. The summed E-state index contributed by atoms with van der Waals surface area (Å²) in [7, 11) is -0.0573. The highest BCUT2D eigenvalue weighted by molar-refractivity contribution is 7.95. The van der Waals surface area contributed by atoms with Crippen molar-refractivity contribution in [3.05, 3.63) is 71.8 Å². The molecule has 0 fully saturated rings. The van der Waals surface area contributed by atoms with E-state index in [0.717, 1.165) is 0 Å². The number of carbonyl (C=O) groups is 2. The van der Waals surface area contributed by atoms with Crippen LogP contribution in [-0.2, 0) is 25.3 Å². The summed E-state index contributed by atoms with van der Waals surface area (Å²) >= 11 is 0. The molecule has 0 N–H and O–H groups in total. The van der Waals surface area contributed by atoms with Crippen molar-refractivity contribution in [1.82, 2.24) is 0 Å². The standard InChI is InChI=1S/C18H18NO4S/c1-24(2)13-22-18(21)16(14-9-5-3-6-10-14)19-23-17(20)15-11-7-4-8-12-15/h3-12H,13H2,1-2H3/q+1. The van der Waals surface area contributed by atoms with Crippen molar-refractivity contribution in [2.75, 3.05) is 18.5 Å². The summed E-state index contributed by atoms with van der Waals surface area (Å²) in [5, 5.41) is 3.74. The van der Waals surface area contributed by atoms with Crippen molar-refractivity contribution in [2.45, 2.75) is 0 Å². The van der Waals surface area contributed by atoms with E-state index in [0.29, 0.717) is 11.1 Å². The molecular weight excluding hydrogens is 326 g/mol. The minimum Gasteiger partial charge on any atom is -0.414 e. The number of oxime groups is 1. The number of esters is 1. The van der Waals surface area contributed by atoms with Crippen molar-refractivity contribution < 1.29 is 19.2 Å². The molecule has 0 aliphatic heterocycles. The number of benzene rings is 2. The Labute approximate surface area is 143 Å². The predicted molar refractivity (Wildman–Crippen MR) is 95.0 cm³/mol. The fourth-order valence-corrected chi connectivity index (χ4v) is 2.10. The Morgan fingerprint density at radius 2 is 1.46 bits per heavy atom. The Morgan fingerprint density at radius 1 is 0.917 bits per heavy atom. The van der Waals surface area contributed by atoms with E-state index < -0.39 is 11.9 Å². The molecule has 0 saturated carbocycles. The van der Waals surface area contributed by atoms with Crippen molar-refractivity contribution in [2.24, 2.45) is 5.16 Å². The van der Waals surface area contributed by atoms with Gasteiger partial charge in [-0.3, -0.25) is 0 Å². The SMILES string of the molecule is C[S+](C)COC(=O)C(=NOC(=O)c1ccccc1)c1ccccc1. The highest BCUT2D eigenvalue weighted by Gasteiger charge is 2.20. The van der Waals surface area contributed by atoms with Gasteiger partial charge in [-0.05, 0) is 12.1 Å². The van der Waals surface area contributed by atoms with Gasteiger partial charge in [0.05, 0.1) is 5.56 Å².